The van der Waals surface area contributed by atoms with Crippen LogP contribution in [0.25, 0.3) is 0 Å². The van der Waals surface area contributed by atoms with Crippen LogP contribution in [0.15, 0.2) is 18.2 Å². The van der Waals surface area contributed by atoms with E-state index < -0.39 is 19.5 Å². The summed E-state index contributed by atoms with van der Waals surface area (Å²) in [6.45, 7) is 0. The SMILES string of the molecule is COP(=O)(CC(=O)c1c(Cl)cccc1Cl)OC. The maximum absolute atomic E-state index is 11.9. The molecule has 0 aliphatic rings. The van der Waals surface area contributed by atoms with Crippen LogP contribution in [-0.4, -0.2) is 26.2 Å². The van der Waals surface area contributed by atoms with E-state index in [4.69, 9.17) is 23.2 Å². The number of carbonyl (C=O) groups excluding carboxylic acids is 1. The Morgan fingerprint density at radius 1 is 1.24 bits per heavy atom. The zero-order valence-electron chi connectivity index (χ0n) is 9.28. The lowest BCUT2D eigenvalue weighted by Gasteiger charge is -2.13. The highest BCUT2D eigenvalue weighted by Crippen LogP contribution is 2.47. The summed E-state index contributed by atoms with van der Waals surface area (Å²) in [5.41, 5.74) is 0.130. The molecule has 0 saturated carbocycles. The van der Waals surface area contributed by atoms with Gasteiger partial charge in [-0.1, -0.05) is 29.3 Å². The Morgan fingerprint density at radius 3 is 2.12 bits per heavy atom. The summed E-state index contributed by atoms with van der Waals surface area (Å²) in [4.78, 5) is 11.9. The highest BCUT2D eigenvalue weighted by atomic mass is 35.5. The second-order valence-electron chi connectivity index (χ2n) is 3.15. The van der Waals surface area contributed by atoms with Gasteiger partial charge in [-0.2, -0.15) is 0 Å². The van der Waals surface area contributed by atoms with E-state index in [1.807, 2.05) is 0 Å². The van der Waals surface area contributed by atoms with Gasteiger partial charge in [0.05, 0.1) is 15.6 Å². The van der Waals surface area contributed by atoms with Crippen molar-refractivity contribution in [1.29, 1.82) is 0 Å². The second-order valence-corrected chi connectivity index (χ2v) is 6.24. The molecule has 0 amide bonds. The standard InChI is InChI=1S/C10H11Cl2O4P/c1-15-17(14,16-2)6-9(13)10-7(11)4-3-5-8(10)12/h3-5H,6H2,1-2H3. The summed E-state index contributed by atoms with van der Waals surface area (Å²) in [7, 11) is -0.981. The Balaban J connectivity index is 3.02. The molecule has 0 saturated heterocycles. The van der Waals surface area contributed by atoms with E-state index in [1.165, 1.54) is 26.4 Å². The molecule has 0 heterocycles. The van der Waals surface area contributed by atoms with Crippen molar-refractivity contribution in [2.75, 3.05) is 20.4 Å². The zero-order valence-corrected chi connectivity index (χ0v) is 11.7. The molecule has 1 rings (SSSR count). The minimum Gasteiger partial charge on any atom is -0.312 e. The van der Waals surface area contributed by atoms with Crippen LogP contribution < -0.4 is 0 Å². The minimum absolute atomic E-state index is 0.130. The Morgan fingerprint density at radius 2 is 1.71 bits per heavy atom. The third kappa shape index (κ3) is 3.54. The highest BCUT2D eigenvalue weighted by Gasteiger charge is 2.28. The van der Waals surface area contributed by atoms with Crippen LogP contribution in [0, 0.1) is 0 Å². The van der Waals surface area contributed by atoms with Gasteiger partial charge in [-0.05, 0) is 12.1 Å². The predicted octanol–water partition coefficient (Wildman–Crippen LogP) is 3.66. The Labute approximate surface area is 109 Å². The maximum atomic E-state index is 11.9. The predicted molar refractivity (Wildman–Crippen MR) is 67.3 cm³/mol. The summed E-state index contributed by atoms with van der Waals surface area (Å²) >= 11 is 11.7. The van der Waals surface area contributed by atoms with Crippen molar-refractivity contribution in [3.8, 4) is 0 Å². The van der Waals surface area contributed by atoms with Crippen LogP contribution >= 0.6 is 30.8 Å². The maximum Gasteiger partial charge on any atom is 0.337 e. The van der Waals surface area contributed by atoms with Crippen molar-refractivity contribution in [1.82, 2.24) is 0 Å². The molecule has 0 radical (unpaired) electrons. The monoisotopic (exact) mass is 296 g/mol. The summed E-state index contributed by atoms with van der Waals surface area (Å²) in [6, 6.07) is 4.68. The number of hydrogen-bond donors (Lipinski definition) is 0. The topological polar surface area (TPSA) is 52.6 Å². The number of rotatable bonds is 5. The van der Waals surface area contributed by atoms with Crippen molar-refractivity contribution in [3.63, 3.8) is 0 Å². The van der Waals surface area contributed by atoms with E-state index in [9.17, 15) is 9.36 Å². The highest BCUT2D eigenvalue weighted by molar-refractivity contribution is 7.54. The quantitative estimate of drug-likeness (QED) is 0.614. The fourth-order valence-corrected chi connectivity index (χ4v) is 2.75. The van der Waals surface area contributed by atoms with Gasteiger partial charge >= 0.3 is 7.60 Å². The minimum atomic E-state index is -3.41. The third-order valence-corrected chi connectivity index (χ3v) is 4.55. The number of Topliss-reactive ketones (excluding diaryl/α,β-unsaturated/α-hetero) is 1. The molecule has 0 atom stereocenters. The molecule has 7 heteroatoms. The van der Waals surface area contributed by atoms with E-state index >= 15 is 0 Å². The molecule has 4 nitrogen and oxygen atoms in total. The Hall–Kier alpha value is -0.380. The lowest BCUT2D eigenvalue weighted by molar-refractivity contribution is 0.101. The van der Waals surface area contributed by atoms with E-state index in [2.05, 4.69) is 9.05 Å². The number of ketones is 1. The second kappa shape index (κ2) is 5.98. The fourth-order valence-electron chi connectivity index (χ4n) is 1.22. The van der Waals surface area contributed by atoms with E-state index in [0.717, 1.165) is 0 Å². The molecule has 0 aliphatic heterocycles. The third-order valence-electron chi connectivity index (χ3n) is 2.14. The van der Waals surface area contributed by atoms with Gasteiger partial charge in [-0.15, -0.1) is 0 Å². The van der Waals surface area contributed by atoms with Crippen LogP contribution in [0.4, 0.5) is 0 Å². The molecule has 0 unspecified atom stereocenters. The number of hydrogen-bond acceptors (Lipinski definition) is 4. The van der Waals surface area contributed by atoms with E-state index in [1.54, 1.807) is 6.07 Å². The van der Waals surface area contributed by atoms with Crippen LogP contribution in [0.2, 0.25) is 10.0 Å². The molecule has 0 bridgehead atoms. The summed E-state index contributed by atoms with van der Waals surface area (Å²) in [5, 5.41) is 0.419. The normalized spacial score (nSPS) is 11.5. The molecular weight excluding hydrogens is 286 g/mol. The average Bonchev–Trinajstić information content (AvgIpc) is 2.28. The molecule has 1 aromatic rings. The van der Waals surface area contributed by atoms with Gasteiger partial charge in [0.25, 0.3) is 0 Å². The number of halogens is 2. The van der Waals surface area contributed by atoms with Crippen LogP contribution in [-0.2, 0) is 13.6 Å². The molecule has 0 spiro atoms. The first-order valence-corrected chi connectivity index (χ1v) is 7.09. The van der Waals surface area contributed by atoms with Crippen LogP contribution in [0.5, 0.6) is 0 Å². The Kier molecular flexibility index (Phi) is 5.17. The van der Waals surface area contributed by atoms with Crippen molar-refractivity contribution >= 4 is 36.6 Å². The molecular formula is C10H11Cl2O4P. The smallest absolute Gasteiger partial charge is 0.312 e. The number of carbonyl (C=O) groups is 1. The van der Waals surface area contributed by atoms with Gasteiger partial charge in [-0.3, -0.25) is 9.36 Å². The average molecular weight is 297 g/mol. The summed E-state index contributed by atoms with van der Waals surface area (Å²) in [6.07, 6.45) is -0.399. The molecule has 17 heavy (non-hydrogen) atoms. The number of benzene rings is 1. The first-order chi connectivity index (χ1) is 7.93. The zero-order chi connectivity index (χ0) is 13.1. The van der Waals surface area contributed by atoms with Gasteiger partial charge < -0.3 is 9.05 Å². The molecule has 0 aromatic heterocycles. The van der Waals surface area contributed by atoms with E-state index in [-0.39, 0.29) is 15.6 Å². The first-order valence-electron chi connectivity index (χ1n) is 4.61. The lowest BCUT2D eigenvalue weighted by atomic mass is 10.1. The van der Waals surface area contributed by atoms with Gasteiger partial charge in [0, 0.05) is 14.2 Å². The van der Waals surface area contributed by atoms with Crippen molar-refractivity contribution < 1.29 is 18.4 Å². The van der Waals surface area contributed by atoms with Crippen LogP contribution in [0.1, 0.15) is 10.4 Å². The molecule has 94 valence electrons. The van der Waals surface area contributed by atoms with E-state index in [0.29, 0.717) is 0 Å². The van der Waals surface area contributed by atoms with Crippen LogP contribution in [0.3, 0.4) is 0 Å². The molecule has 1 aromatic carbocycles. The van der Waals surface area contributed by atoms with Gasteiger partial charge in [-0.25, -0.2) is 0 Å². The first kappa shape index (κ1) is 14.7. The van der Waals surface area contributed by atoms with Gasteiger partial charge in [0.2, 0.25) is 0 Å². The van der Waals surface area contributed by atoms with Crippen molar-refractivity contribution in [2.24, 2.45) is 0 Å². The molecule has 0 aliphatic carbocycles. The molecule has 0 fully saturated rings. The lowest BCUT2D eigenvalue weighted by Crippen LogP contribution is -2.09. The van der Waals surface area contributed by atoms with Gasteiger partial charge in [0.1, 0.15) is 6.16 Å². The summed E-state index contributed by atoms with van der Waals surface area (Å²) < 4.78 is 21.2. The summed E-state index contributed by atoms with van der Waals surface area (Å²) in [5.74, 6) is -0.479. The largest absolute Gasteiger partial charge is 0.337 e. The van der Waals surface area contributed by atoms with Crippen molar-refractivity contribution in [3.05, 3.63) is 33.8 Å². The fraction of sp³-hybridized carbons (Fsp3) is 0.300. The molecule has 0 N–H and O–H groups in total. The van der Waals surface area contributed by atoms with Gasteiger partial charge in [0.15, 0.2) is 5.78 Å². The Bertz CT molecular complexity index is 447. The van der Waals surface area contributed by atoms with Crippen molar-refractivity contribution in [2.45, 2.75) is 0 Å².